The molecule has 0 saturated heterocycles. The molecule has 0 radical (unpaired) electrons. The highest BCUT2D eigenvalue weighted by molar-refractivity contribution is 7.08. The topological polar surface area (TPSA) is 78.4 Å². The fraction of sp³-hybridized carbons (Fsp3) is 0.571. The lowest BCUT2D eigenvalue weighted by Crippen LogP contribution is -2.43. The number of carbonyl (C=O) groups excluding carboxylic acids is 2. The molecule has 0 aliphatic heterocycles. The number of thiophene rings is 1. The molecule has 0 aromatic carbocycles. The van der Waals surface area contributed by atoms with E-state index in [4.69, 9.17) is 5.11 Å². The second-order valence-corrected chi connectivity index (χ2v) is 5.94. The molecule has 1 aromatic rings. The summed E-state index contributed by atoms with van der Waals surface area (Å²) in [6.45, 7) is 0.242. The van der Waals surface area contributed by atoms with Crippen molar-refractivity contribution in [3.63, 3.8) is 0 Å². The Morgan fingerprint density at radius 2 is 2.05 bits per heavy atom. The summed E-state index contributed by atoms with van der Waals surface area (Å²) in [7, 11) is 0. The maximum Gasteiger partial charge on any atom is 0.252 e. The number of hydrogen-bond acceptors (Lipinski definition) is 4. The Bertz CT molecular complexity index is 439. The number of aliphatic hydroxyl groups is 1. The fourth-order valence-electron chi connectivity index (χ4n) is 2.42. The number of nitrogens with one attached hydrogen (secondary N) is 2. The van der Waals surface area contributed by atoms with Crippen LogP contribution in [0.25, 0.3) is 0 Å². The third-order valence-corrected chi connectivity index (χ3v) is 4.35. The van der Waals surface area contributed by atoms with E-state index in [0.717, 1.165) is 25.7 Å². The Hall–Kier alpha value is -1.40. The third-order valence-electron chi connectivity index (χ3n) is 3.66. The van der Waals surface area contributed by atoms with E-state index in [2.05, 4.69) is 10.6 Å². The van der Waals surface area contributed by atoms with E-state index in [1.165, 1.54) is 11.3 Å². The molecule has 1 fully saturated rings. The van der Waals surface area contributed by atoms with Crippen LogP contribution < -0.4 is 10.6 Å². The molecular weight excluding hydrogens is 276 g/mol. The molecule has 5 nitrogen and oxygen atoms in total. The molecule has 2 amide bonds. The molecule has 1 aromatic heterocycles. The van der Waals surface area contributed by atoms with Crippen molar-refractivity contribution in [1.29, 1.82) is 0 Å². The fourth-order valence-corrected chi connectivity index (χ4v) is 3.06. The van der Waals surface area contributed by atoms with Crippen LogP contribution in [0, 0.1) is 5.92 Å². The van der Waals surface area contributed by atoms with Gasteiger partial charge in [0.15, 0.2) is 0 Å². The summed E-state index contributed by atoms with van der Waals surface area (Å²) < 4.78 is 0. The van der Waals surface area contributed by atoms with Gasteiger partial charge in [-0.3, -0.25) is 9.59 Å². The second-order valence-electron chi connectivity index (χ2n) is 5.16. The molecule has 1 aliphatic carbocycles. The average Bonchev–Trinajstić information content (AvgIpc) is 3.00. The molecule has 1 aliphatic rings. The minimum absolute atomic E-state index is 0.00854. The van der Waals surface area contributed by atoms with E-state index in [9.17, 15) is 9.59 Å². The van der Waals surface area contributed by atoms with Crippen molar-refractivity contribution in [2.75, 3.05) is 13.2 Å². The van der Waals surface area contributed by atoms with Crippen LogP contribution in [-0.4, -0.2) is 36.1 Å². The number of aliphatic hydroxyl groups excluding tert-OH is 1. The molecular formula is C14H20N2O3S. The van der Waals surface area contributed by atoms with Crippen LogP contribution in [0.4, 0.5) is 0 Å². The minimum Gasteiger partial charge on any atom is -0.396 e. The van der Waals surface area contributed by atoms with Crippen LogP contribution in [-0.2, 0) is 4.79 Å². The van der Waals surface area contributed by atoms with E-state index in [1.54, 1.807) is 11.4 Å². The van der Waals surface area contributed by atoms with Crippen molar-refractivity contribution in [2.45, 2.75) is 31.7 Å². The Balaban J connectivity index is 1.67. The van der Waals surface area contributed by atoms with Crippen molar-refractivity contribution in [1.82, 2.24) is 10.6 Å². The zero-order chi connectivity index (χ0) is 14.4. The lowest BCUT2D eigenvalue weighted by Gasteiger charge is -2.27. The smallest absolute Gasteiger partial charge is 0.252 e. The summed E-state index contributed by atoms with van der Waals surface area (Å²) in [6.07, 6.45) is 3.69. The van der Waals surface area contributed by atoms with Gasteiger partial charge in [-0.2, -0.15) is 11.3 Å². The molecule has 110 valence electrons. The largest absolute Gasteiger partial charge is 0.396 e. The van der Waals surface area contributed by atoms with Gasteiger partial charge in [0.1, 0.15) is 0 Å². The van der Waals surface area contributed by atoms with Crippen LogP contribution in [0.15, 0.2) is 16.8 Å². The molecule has 1 saturated carbocycles. The molecule has 6 heteroatoms. The number of hydrogen-bond donors (Lipinski definition) is 3. The van der Waals surface area contributed by atoms with Gasteiger partial charge in [-0.15, -0.1) is 0 Å². The Labute approximate surface area is 122 Å². The van der Waals surface area contributed by atoms with E-state index in [-0.39, 0.29) is 31.0 Å². The van der Waals surface area contributed by atoms with Gasteiger partial charge in [-0.05, 0) is 43.0 Å². The highest BCUT2D eigenvalue weighted by Gasteiger charge is 2.21. The zero-order valence-corrected chi connectivity index (χ0v) is 12.1. The summed E-state index contributed by atoms with van der Waals surface area (Å²) >= 11 is 1.45. The van der Waals surface area contributed by atoms with Crippen LogP contribution in [0.3, 0.4) is 0 Å². The minimum atomic E-state index is -0.217. The van der Waals surface area contributed by atoms with Gasteiger partial charge in [0, 0.05) is 23.6 Å². The van der Waals surface area contributed by atoms with Crippen LogP contribution in [0.2, 0.25) is 0 Å². The van der Waals surface area contributed by atoms with E-state index in [1.807, 2.05) is 5.38 Å². The van der Waals surface area contributed by atoms with Gasteiger partial charge in [-0.1, -0.05) is 0 Å². The van der Waals surface area contributed by atoms with Gasteiger partial charge in [-0.25, -0.2) is 0 Å². The quantitative estimate of drug-likeness (QED) is 0.762. The number of rotatable bonds is 5. The normalized spacial score (nSPS) is 22.2. The summed E-state index contributed by atoms with van der Waals surface area (Å²) in [4.78, 5) is 23.4. The van der Waals surface area contributed by atoms with Crippen LogP contribution in [0.1, 0.15) is 36.0 Å². The lowest BCUT2D eigenvalue weighted by molar-refractivity contribution is -0.121. The molecule has 0 unspecified atom stereocenters. The Morgan fingerprint density at radius 3 is 2.65 bits per heavy atom. The van der Waals surface area contributed by atoms with Crippen molar-refractivity contribution < 1.29 is 14.7 Å². The zero-order valence-electron chi connectivity index (χ0n) is 11.3. The maximum atomic E-state index is 11.8. The van der Waals surface area contributed by atoms with E-state index >= 15 is 0 Å². The number of carbonyl (C=O) groups is 2. The summed E-state index contributed by atoms with van der Waals surface area (Å²) in [6, 6.07) is 1.90. The van der Waals surface area contributed by atoms with Crippen molar-refractivity contribution in [3.05, 3.63) is 22.4 Å². The van der Waals surface area contributed by atoms with Gasteiger partial charge in [0.05, 0.1) is 6.54 Å². The summed E-state index contributed by atoms with van der Waals surface area (Å²) in [5.74, 6) is 0.00728. The monoisotopic (exact) mass is 296 g/mol. The third kappa shape index (κ3) is 4.31. The second kappa shape index (κ2) is 7.40. The first-order chi connectivity index (χ1) is 9.69. The Kier molecular flexibility index (Phi) is 5.55. The molecule has 1 heterocycles. The van der Waals surface area contributed by atoms with Crippen molar-refractivity contribution in [3.8, 4) is 0 Å². The highest BCUT2D eigenvalue weighted by atomic mass is 32.1. The van der Waals surface area contributed by atoms with E-state index < -0.39 is 0 Å². The molecule has 0 atom stereocenters. The first-order valence-electron chi connectivity index (χ1n) is 6.89. The molecule has 3 N–H and O–H groups in total. The molecule has 0 spiro atoms. The lowest BCUT2D eigenvalue weighted by atomic mass is 9.86. The van der Waals surface area contributed by atoms with Gasteiger partial charge >= 0.3 is 0 Å². The van der Waals surface area contributed by atoms with Gasteiger partial charge < -0.3 is 15.7 Å². The predicted molar refractivity (Wildman–Crippen MR) is 77.6 cm³/mol. The summed E-state index contributed by atoms with van der Waals surface area (Å²) in [5.41, 5.74) is 0.589. The first-order valence-corrected chi connectivity index (χ1v) is 7.84. The SMILES string of the molecule is O=C(CNC(=O)c1ccsc1)NC1CCC(CO)CC1. The standard InChI is InChI=1S/C14H20N2O3S/c17-8-10-1-3-12(4-2-10)16-13(18)7-15-14(19)11-5-6-20-9-11/h5-6,9-10,12,17H,1-4,7-8H2,(H,15,19)(H,16,18). The molecule has 0 bridgehead atoms. The molecule has 20 heavy (non-hydrogen) atoms. The Morgan fingerprint density at radius 1 is 1.30 bits per heavy atom. The maximum absolute atomic E-state index is 11.8. The van der Waals surface area contributed by atoms with Gasteiger partial charge in [0.25, 0.3) is 5.91 Å². The predicted octanol–water partition coefficient (Wildman–Crippen LogP) is 1.15. The molecule has 2 rings (SSSR count). The summed E-state index contributed by atoms with van der Waals surface area (Å²) in [5, 5.41) is 18.2. The van der Waals surface area contributed by atoms with Gasteiger partial charge in [0.2, 0.25) is 5.91 Å². The van der Waals surface area contributed by atoms with Crippen molar-refractivity contribution >= 4 is 23.2 Å². The van der Waals surface area contributed by atoms with Crippen LogP contribution in [0.5, 0.6) is 0 Å². The van der Waals surface area contributed by atoms with Crippen LogP contribution >= 0.6 is 11.3 Å². The van der Waals surface area contributed by atoms with Crippen molar-refractivity contribution in [2.24, 2.45) is 5.92 Å². The highest BCUT2D eigenvalue weighted by Crippen LogP contribution is 2.23. The average molecular weight is 296 g/mol. The first kappa shape index (κ1) is 15.0. The van der Waals surface area contributed by atoms with E-state index in [0.29, 0.717) is 11.5 Å². The number of amides is 2.